The number of hydrogen-bond acceptors (Lipinski definition) is 2. The van der Waals surface area contributed by atoms with Gasteiger partial charge in [0.1, 0.15) is 0 Å². The number of rotatable bonds is 1. The lowest BCUT2D eigenvalue weighted by atomic mass is 9.46. The lowest BCUT2D eigenvalue weighted by Crippen LogP contribution is -2.50. The fraction of sp³-hybridized carbons (Fsp3) is 0.625. The molecule has 6 unspecified atom stereocenters. The molecule has 0 aliphatic heterocycles. The van der Waals surface area contributed by atoms with Gasteiger partial charge < -0.3 is 5.11 Å². The van der Waals surface area contributed by atoms with Crippen molar-refractivity contribution in [3.05, 3.63) is 47.8 Å². The molecule has 2 nitrogen and oxygen atoms in total. The predicted octanol–water partition coefficient (Wildman–Crippen LogP) is 5.40. The third-order valence-electron chi connectivity index (χ3n) is 8.64. The zero-order chi connectivity index (χ0) is 17.9. The van der Waals surface area contributed by atoms with Crippen LogP contribution in [0.2, 0.25) is 0 Å². The summed E-state index contributed by atoms with van der Waals surface area (Å²) in [5.41, 5.74) is 5.11. The maximum Gasteiger partial charge on any atom is 0.0724 e. The normalized spacial score (nSPS) is 44.4. The number of allylic oxidation sites excluding steroid dienone is 3. The van der Waals surface area contributed by atoms with E-state index in [1.165, 1.54) is 44.1 Å². The maximum absolute atomic E-state index is 10.1. The van der Waals surface area contributed by atoms with Gasteiger partial charge in [-0.2, -0.15) is 0 Å². The van der Waals surface area contributed by atoms with Crippen molar-refractivity contribution in [3.8, 4) is 0 Å². The van der Waals surface area contributed by atoms with Crippen LogP contribution < -0.4 is 0 Å². The Kier molecular flexibility index (Phi) is 3.73. The van der Waals surface area contributed by atoms with Crippen molar-refractivity contribution in [2.45, 2.75) is 64.9 Å². The molecule has 6 atom stereocenters. The first-order valence-electron chi connectivity index (χ1n) is 10.5. The van der Waals surface area contributed by atoms with E-state index in [4.69, 9.17) is 0 Å². The topological polar surface area (TPSA) is 33.1 Å². The Bertz CT molecular complexity index is 766. The van der Waals surface area contributed by atoms with Gasteiger partial charge in [-0.25, -0.2) is 0 Å². The van der Waals surface area contributed by atoms with Gasteiger partial charge in [0.25, 0.3) is 0 Å². The standard InChI is InChI=1S/C24H31NO/c1-23-11-9-18(26)14-17(23)5-6-19-21-8-7-20(16-4-3-13-25-15-16)24(21,2)12-10-22(19)23/h3-4,7,13-15,18-19,21-22,26H,5-6,8-12H2,1-2H3. The van der Waals surface area contributed by atoms with Crippen LogP contribution in [0.4, 0.5) is 0 Å². The van der Waals surface area contributed by atoms with Gasteiger partial charge in [-0.1, -0.05) is 37.6 Å². The van der Waals surface area contributed by atoms with Gasteiger partial charge in [0.2, 0.25) is 0 Å². The Balaban J connectivity index is 1.47. The van der Waals surface area contributed by atoms with E-state index in [9.17, 15) is 5.11 Å². The number of nitrogens with zero attached hydrogens (tertiary/aromatic N) is 1. The van der Waals surface area contributed by atoms with Crippen molar-refractivity contribution in [1.82, 2.24) is 4.98 Å². The minimum atomic E-state index is -0.200. The van der Waals surface area contributed by atoms with Crippen molar-refractivity contribution in [1.29, 1.82) is 0 Å². The minimum Gasteiger partial charge on any atom is -0.389 e. The number of aliphatic hydroxyl groups is 1. The van der Waals surface area contributed by atoms with Gasteiger partial charge >= 0.3 is 0 Å². The van der Waals surface area contributed by atoms with Crippen LogP contribution in [0.5, 0.6) is 0 Å². The fourth-order valence-electron chi connectivity index (χ4n) is 7.25. The van der Waals surface area contributed by atoms with E-state index < -0.39 is 0 Å². The zero-order valence-corrected chi connectivity index (χ0v) is 16.1. The molecular weight excluding hydrogens is 318 g/mol. The molecule has 26 heavy (non-hydrogen) atoms. The minimum absolute atomic E-state index is 0.200. The summed E-state index contributed by atoms with van der Waals surface area (Å²) in [6.07, 6.45) is 17.0. The number of aromatic nitrogens is 1. The summed E-state index contributed by atoms with van der Waals surface area (Å²) in [5, 5.41) is 10.1. The van der Waals surface area contributed by atoms with E-state index in [0.717, 1.165) is 24.2 Å². The Labute approximate surface area is 157 Å². The van der Waals surface area contributed by atoms with E-state index in [2.05, 4.69) is 49.3 Å². The number of fused-ring (bicyclic) bond motifs is 5. The maximum atomic E-state index is 10.1. The number of pyridine rings is 1. The highest BCUT2D eigenvalue weighted by molar-refractivity contribution is 5.72. The zero-order valence-electron chi connectivity index (χ0n) is 16.1. The van der Waals surface area contributed by atoms with E-state index in [1.807, 2.05) is 6.20 Å². The van der Waals surface area contributed by atoms with Crippen LogP contribution in [-0.4, -0.2) is 16.2 Å². The first-order valence-corrected chi connectivity index (χ1v) is 10.5. The van der Waals surface area contributed by atoms with E-state index in [1.54, 1.807) is 11.1 Å². The summed E-state index contributed by atoms with van der Waals surface area (Å²) in [5.74, 6) is 2.41. The van der Waals surface area contributed by atoms with Gasteiger partial charge in [0.15, 0.2) is 0 Å². The van der Waals surface area contributed by atoms with Crippen molar-refractivity contribution in [3.63, 3.8) is 0 Å². The molecule has 0 radical (unpaired) electrons. The van der Waals surface area contributed by atoms with E-state index in [0.29, 0.717) is 10.8 Å². The Morgan fingerprint density at radius 2 is 1.92 bits per heavy atom. The molecule has 2 fully saturated rings. The van der Waals surface area contributed by atoms with Crippen LogP contribution in [0.15, 0.2) is 42.3 Å². The molecule has 0 bridgehead atoms. The molecule has 138 valence electrons. The Hall–Kier alpha value is -1.41. The first kappa shape index (κ1) is 16.7. The second-order valence-corrected chi connectivity index (χ2v) is 9.68. The summed E-state index contributed by atoms with van der Waals surface area (Å²) < 4.78 is 0. The summed E-state index contributed by atoms with van der Waals surface area (Å²) >= 11 is 0. The molecular formula is C24H31NO. The van der Waals surface area contributed by atoms with Crippen LogP contribution in [-0.2, 0) is 0 Å². The molecule has 4 aliphatic carbocycles. The summed E-state index contributed by atoms with van der Waals surface area (Å²) in [4.78, 5) is 4.38. The Morgan fingerprint density at radius 1 is 1.08 bits per heavy atom. The Morgan fingerprint density at radius 3 is 2.73 bits per heavy atom. The SMILES string of the molecule is CC12CCC(O)C=C1CCC1C2CCC2(C)C(c3cccnc3)=CCC12. The van der Waals surface area contributed by atoms with Crippen molar-refractivity contribution >= 4 is 5.57 Å². The summed E-state index contributed by atoms with van der Waals surface area (Å²) in [7, 11) is 0. The van der Waals surface area contributed by atoms with Gasteiger partial charge in [0, 0.05) is 12.4 Å². The molecule has 1 aromatic rings. The average molecular weight is 350 g/mol. The molecule has 1 N–H and O–H groups in total. The van der Waals surface area contributed by atoms with Crippen molar-refractivity contribution in [2.75, 3.05) is 0 Å². The molecule has 1 heterocycles. The third kappa shape index (κ3) is 2.24. The number of hydrogen-bond donors (Lipinski definition) is 1. The molecule has 0 saturated heterocycles. The highest BCUT2D eigenvalue weighted by atomic mass is 16.3. The third-order valence-corrected chi connectivity index (χ3v) is 8.64. The van der Waals surface area contributed by atoms with Crippen LogP contribution in [0.1, 0.15) is 64.4 Å². The van der Waals surface area contributed by atoms with E-state index in [-0.39, 0.29) is 6.10 Å². The second kappa shape index (κ2) is 5.79. The fourth-order valence-corrected chi connectivity index (χ4v) is 7.25. The van der Waals surface area contributed by atoms with E-state index >= 15 is 0 Å². The molecule has 2 heteroatoms. The lowest BCUT2D eigenvalue weighted by Gasteiger charge is -2.58. The molecule has 1 aromatic heterocycles. The molecule has 2 saturated carbocycles. The predicted molar refractivity (Wildman–Crippen MR) is 105 cm³/mol. The quantitative estimate of drug-likeness (QED) is 0.689. The molecule has 4 aliphatic rings. The average Bonchev–Trinajstić information content (AvgIpc) is 3.00. The van der Waals surface area contributed by atoms with Gasteiger partial charge in [-0.3, -0.25) is 4.98 Å². The van der Waals surface area contributed by atoms with Crippen molar-refractivity contribution < 1.29 is 5.11 Å². The van der Waals surface area contributed by atoms with Crippen LogP contribution in [0.3, 0.4) is 0 Å². The highest BCUT2D eigenvalue weighted by Gasteiger charge is 2.57. The van der Waals surface area contributed by atoms with Gasteiger partial charge in [0.05, 0.1) is 6.10 Å². The summed E-state index contributed by atoms with van der Waals surface area (Å²) in [6, 6.07) is 4.31. The molecule has 0 aromatic carbocycles. The second-order valence-electron chi connectivity index (χ2n) is 9.68. The van der Waals surface area contributed by atoms with Crippen LogP contribution in [0.25, 0.3) is 5.57 Å². The highest BCUT2D eigenvalue weighted by Crippen LogP contribution is 2.66. The largest absolute Gasteiger partial charge is 0.389 e. The molecule has 5 rings (SSSR count). The monoisotopic (exact) mass is 349 g/mol. The molecule has 0 amide bonds. The first-order chi connectivity index (χ1) is 12.5. The number of aliphatic hydroxyl groups excluding tert-OH is 1. The van der Waals surface area contributed by atoms with Crippen LogP contribution >= 0.6 is 0 Å². The molecule has 0 spiro atoms. The smallest absolute Gasteiger partial charge is 0.0724 e. The lowest BCUT2D eigenvalue weighted by molar-refractivity contribution is -0.0281. The van der Waals surface area contributed by atoms with Gasteiger partial charge in [-0.05, 0) is 90.7 Å². The van der Waals surface area contributed by atoms with Crippen molar-refractivity contribution in [2.24, 2.45) is 28.6 Å². The van der Waals surface area contributed by atoms with Gasteiger partial charge in [-0.15, -0.1) is 0 Å². The van der Waals surface area contributed by atoms with Crippen LogP contribution in [0, 0.1) is 28.6 Å². The summed E-state index contributed by atoms with van der Waals surface area (Å²) in [6.45, 7) is 5.03.